The Morgan fingerprint density at radius 3 is 2.61 bits per heavy atom. The van der Waals surface area contributed by atoms with Gasteiger partial charge in [-0.1, -0.05) is 30.3 Å². The number of likely N-dealkylation sites (tertiary alicyclic amines) is 1. The normalized spacial score (nSPS) is 15.4. The van der Waals surface area contributed by atoms with Crippen LogP contribution in [0.4, 0.5) is 10.1 Å². The Labute approximate surface area is 164 Å². The van der Waals surface area contributed by atoms with E-state index in [4.69, 9.17) is 0 Å². The number of carbonyl (C=O) groups is 1. The second-order valence-corrected chi connectivity index (χ2v) is 7.34. The Bertz CT molecular complexity index is 984. The number of benzene rings is 2. The van der Waals surface area contributed by atoms with E-state index in [9.17, 15) is 9.18 Å². The lowest BCUT2D eigenvalue weighted by Crippen LogP contribution is -2.36. The van der Waals surface area contributed by atoms with Crippen LogP contribution in [-0.4, -0.2) is 28.9 Å². The molecule has 3 aromatic rings. The number of aromatic nitrogens is 1. The smallest absolute Gasteiger partial charge is 0.257 e. The summed E-state index contributed by atoms with van der Waals surface area (Å²) in [5.41, 5.74) is 2.92. The third-order valence-electron chi connectivity index (χ3n) is 5.36. The lowest BCUT2D eigenvalue weighted by atomic mass is 10.0. The van der Waals surface area contributed by atoms with E-state index < -0.39 is 0 Å². The SMILES string of the molecule is C[C@@H](Nc1c(C(=O)N2CCCCC2)cnc2ccc(F)cc12)c1ccccc1. The van der Waals surface area contributed by atoms with Crippen LogP contribution >= 0.6 is 0 Å². The van der Waals surface area contributed by atoms with Crippen LogP contribution in [0.1, 0.15) is 48.1 Å². The molecule has 2 aromatic carbocycles. The van der Waals surface area contributed by atoms with E-state index >= 15 is 0 Å². The van der Waals surface area contributed by atoms with Gasteiger partial charge in [0.15, 0.2) is 0 Å². The van der Waals surface area contributed by atoms with Crippen molar-refractivity contribution in [2.24, 2.45) is 0 Å². The van der Waals surface area contributed by atoms with Crippen molar-refractivity contribution >= 4 is 22.5 Å². The van der Waals surface area contributed by atoms with Crippen molar-refractivity contribution in [1.29, 1.82) is 0 Å². The van der Waals surface area contributed by atoms with Crippen LogP contribution in [0.2, 0.25) is 0 Å². The zero-order valence-electron chi connectivity index (χ0n) is 16.0. The van der Waals surface area contributed by atoms with Gasteiger partial charge in [0, 0.05) is 30.7 Å². The van der Waals surface area contributed by atoms with Gasteiger partial charge in [0.05, 0.1) is 16.8 Å². The van der Waals surface area contributed by atoms with E-state index in [0.717, 1.165) is 37.9 Å². The Morgan fingerprint density at radius 1 is 1.11 bits per heavy atom. The lowest BCUT2D eigenvalue weighted by molar-refractivity contribution is 0.0725. The van der Waals surface area contributed by atoms with Crippen molar-refractivity contribution in [3.05, 3.63) is 71.7 Å². The first kappa shape index (κ1) is 18.4. The minimum Gasteiger partial charge on any atom is -0.377 e. The van der Waals surface area contributed by atoms with Crippen molar-refractivity contribution in [2.75, 3.05) is 18.4 Å². The van der Waals surface area contributed by atoms with Crippen LogP contribution in [0, 0.1) is 5.82 Å². The summed E-state index contributed by atoms with van der Waals surface area (Å²) in [5.74, 6) is -0.381. The maximum atomic E-state index is 14.0. The number of piperidine rings is 1. The minimum atomic E-state index is -0.340. The highest BCUT2D eigenvalue weighted by Gasteiger charge is 2.23. The van der Waals surface area contributed by atoms with Gasteiger partial charge in [-0.25, -0.2) is 4.39 Å². The van der Waals surface area contributed by atoms with Crippen molar-refractivity contribution in [3.8, 4) is 0 Å². The average Bonchev–Trinajstić information content (AvgIpc) is 2.75. The van der Waals surface area contributed by atoms with Crippen LogP contribution in [0.15, 0.2) is 54.7 Å². The van der Waals surface area contributed by atoms with E-state index in [-0.39, 0.29) is 17.8 Å². The number of hydrogen-bond acceptors (Lipinski definition) is 3. The van der Waals surface area contributed by atoms with Gasteiger partial charge >= 0.3 is 0 Å². The van der Waals surface area contributed by atoms with Gasteiger partial charge in [0.2, 0.25) is 0 Å². The van der Waals surface area contributed by atoms with Crippen LogP contribution in [0.3, 0.4) is 0 Å². The summed E-state index contributed by atoms with van der Waals surface area (Å²) < 4.78 is 14.0. The average molecular weight is 377 g/mol. The minimum absolute atomic E-state index is 0.0389. The number of hydrogen-bond donors (Lipinski definition) is 1. The van der Waals surface area contributed by atoms with E-state index in [1.54, 1.807) is 12.3 Å². The highest BCUT2D eigenvalue weighted by molar-refractivity contribution is 6.07. The third kappa shape index (κ3) is 3.70. The molecule has 1 saturated heterocycles. The van der Waals surface area contributed by atoms with Crippen LogP contribution in [0.5, 0.6) is 0 Å². The number of pyridine rings is 1. The van der Waals surface area contributed by atoms with Crippen molar-refractivity contribution in [3.63, 3.8) is 0 Å². The topological polar surface area (TPSA) is 45.2 Å². The quantitative estimate of drug-likeness (QED) is 0.682. The Kier molecular flexibility index (Phi) is 5.24. The second kappa shape index (κ2) is 7.97. The molecule has 1 aliphatic heterocycles. The van der Waals surface area contributed by atoms with Gasteiger partial charge in [-0.2, -0.15) is 0 Å². The lowest BCUT2D eigenvalue weighted by Gasteiger charge is -2.28. The molecule has 2 heterocycles. The number of halogens is 1. The van der Waals surface area contributed by atoms with Gasteiger partial charge in [-0.3, -0.25) is 9.78 Å². The van der Waals surface area contributed by atoms with Gasteiger partial charge in [0.1, 0.15) is 5.82 Å². The Hall–Kier alpha value is -2.95. The second-order valence-electron chi connectivity index (χ2n) is 7.34. The molecule has 1 fully saturated rings. The molecule has 0 spiro atoms. The summed E-state index contributed by atoms with van der Waals surface area (Å²) in [6.07, 6.45) is 4.81. The summed E-state index contributed by atoms with van der Waals surface area (Å²) in [6.45, 7) is 3.55. The molecule has 1 aromatic heterocycles. The molecule has 4 rings (SSSR count). The number of fused-ring (bicyclic) bond motifs is 1. The van der Waals surface area contributed by atoms with E-state index in [1.165, 1.54) is 12.1 Å². The molecule has 5 heteroatoms. The van der Waals surface area contributed by atoms with Crippen molar-refractivity contribution < 1.29 is 9.18 Å². The molecule has 1 atom stereocenters. The number of nitrogens with one attached hydrogen (secondary N) is 1. The van der Waals surface area contributed by atoms with Gasteiger partial charge in [-0.15, -0.1) is 0 Å². The van der Waals surface area contributed by atoms with Gasteiger partial charge < -0.3 is 10.2 Å². The summed E-state index contributed by atoms with van der Waals surface area (Å²) in [5, 5.41) is 4.09. The number of rotatable bonds is 4. The number of carbonyl (C=O) groups excluding carboxylic acids is 1. The predicted molar refractivity (Wildman–Crippen MR) is 110 cm³/mol. The fraction of sp³-hybridized carbons (Fsp3) is 0.304. The molecule has 1 N–H and O–H groups in total. The first-order chi connectivity index (χ1) is 13.6. The molecule has 4 nitrogen and oxygen atoms in total. The standard InChI is InChI=1S/C23H24FN3O/c1-16(17-8-4-2-5-9-17)26-22-19-14-18(24)10-11-21(19)25-15-20(22)23(28)27-12-6-3-7-13-27/h2,4-5,8-11,14-16H,3,6-7,12-13H2,1H3,(H,25,26)/t16-/m1/s1. The zero-order chi connectivity index (χ0) is 19.5. The summed E-state index contributed by atoms with van der Waals surface area (Å²) >= 11 is 0. The third-order valence-corrected chi connectivity index (χ3v) is 5.36. The molecule has 0 saturated carbocycles. The first-order valence-corrected chi connectivity index (χ1v) is 9.82. The fourth-order valence-corrected chi connectivity index (χ4v) is 3.79. The van der Waals surface area contributed by atoms with Gasteiger partial charge in [0.25, 0.3) is 5.91 Å². The molecule has 0 radical (unpaired) electrons. The van der Waals surface area contributed by atoms with Crippen LogP contribution in [-0.2, 0) is 0 Å². The Morgan fingerprint density at radius 2 is 1.86 bits per heavy atom. The van der Waals surface area contributed by atoms with Crippen LogP contribution < -0.4 is 5.32 Å². The van der Waals surface area contributed by atoms with Crippen LogP contribution in [0.25, 0.3) is 10.9 Å². The molecule has 144 valence electrons. The first-order valence-electron chi connectivity index (χ1n) is 9.82. The van der Waals surface area contributed by atoms with Crippen molar-refractivity contribution in [1.82, 2.24) is 9.88 Å². The molecule has 28 heavy (non-hydrogen) atoms. The molecule has 1 aliphatic rings. The number of nitrogens with zero attached hydrogens (tertiary/aromatic N) is 2. The molecule has 0 unspecified atom stereocenters. The maximum Gasteiger partial charge on any atom is 0.257 e. The predicted octanol–water partition coefficient (Wildman–Crippen LogP) is 5.17. The summed E-state index contributed by atoms with van der Waals surface area (Å²) in [7, 11) is 0. The van der Waals surface area contributed by atoms with Gasteiger partial charge in [-0.05, 0) is 49.9 Å². The number of amides is 1. The highest BCUT2D eigenvalue weighted by Crippen LogP contribution is 2.31. The summed E-state index contributed by atoms with van der Waals surface area (Å²) in [6, 6.07) is 14.5. The van der Waals surface area contributed by atoms with Crippen molar-refractivity contribution in [2.45, 2.75) is 32.2 Å². The summed E-state index contributed by atoms with van der Waals surface area (Å²) in [4.78, 5) is 19.5. The highest BCUT2D eigenvalue weighted by atomic mass is 19.1. The molecule has 0 bridgehead atoms. The molecule has 1 amide bonds. The van der Waals surface area contributed by atoms with E-state index in [0.29, 0.717) is 22.2 Å². The number of anilines is 1. The largest absolute Gasteiger partial charge is 0.377 e. The maximum absolute atomic E-state index is 14.0. The van der Waals surface area contributed by atoms with E-state index in [2.05, 4.69) is 10.3 Å². The van der Waals surface area contributed by atoms with E-state index in [1.807, 2.05) is 42.2 Å². The Balaban J connectivity index is 1.78. The molecule has 0 aliphatic carbocycles. The molecular formula is C23H24FN3O. The monoisotopic (exact) mass is 377 g/mol. The fourth-order valence-electron chi connectivity index (χ4n) is 3.79. The molecular weight excluding hydrogens is 353 g/mol. The zero-order valence-corrected chi connectivity index (χ0v) is 16.0.